The highest BCUT2D eigenvalue weighted by Gasteiger charge is 2.24. The molecule has 0 aliphatic heterocycles. The third-order valence-electron chi connectivity index (χ3n) is 3.59. The lowest BCUT2D eigenvalue weighted by molar-refractivity contribution is -0.125. The fraction of sp³-hybridized carbons (Fsp3) is 0.533. The minimum atomic E-state index is -0.797. The van der Waals surface area contributed by atoms with Crippen LogP contribution in [0.25, 0.3) is 0 Å². The first-order valence-electron chi connectivity index (χ1n) is 6.63. The van der Waals surface area contributed by atoms with Crippen LogP contribution in [0, 0.1) is 0 Å². The highest BCUT2D eigenvalue weighted by molar-refractivity contribution is 5.85. The average Bonchev–Trinajstić information content (AvgIpc) is 2.34. The van der Waals surface area contributed by atoms with Gasteiger partial charge in [-0.15, -0.1) is 0 Å². The standard InChI is InChI=1S/C15H22N2O/c1-15(2,16)14(18)17-10-12-8-5-7-11-6-3-4-9-13(11)12/h3-4,6,9,12H,5,7-8,10,16H2,1-2H3,(H,17,18). The van der Waals surface area contributed by atoms with Gasteiger partial charge in [-0.25, -0.2) is 0 Å². The van der Waals surface area contributed by atoms with E-state index in [0.29, 0.717) is 12.5 Å². The summed E-state index contributed by atoms with van der Waals surface area (Å²) in [6.45, 7) is 4.16. The molecule has 3 heteroatoms. The van der Waals surface area contributed by atoms with Gasteiger partial charge in [0.05, 0.1) is 5.54 Å². The van der Waals surface area contributed by atoms with E-state index in [2.05, 4.69) is 29.6 Å². The number of aryl methyl sites for hydroxylation is 1. The van der Waals surface area contributed by atoms with Gasteiger partial charge >= 0.3 is 0 Å². The summed E-state index contributed by atoms with van der Waals surface area (Å²) in [6.07, 6.45) is 3.49. The Hall–Kier alpha value is -1.35. The number of carbonyl (C=O) groups excluding carboxylic acids is 1. The first kappa shape index (κ1) is 13.1. The average molecular weight is 246 g/mol. The maximum Gasteiger partial charge on any atom is 0.239 e. The van der Waals surface area contributed by atoms with E-state index in [1.54, 1.807) is 13.8 Å². The van der Waals surface area contributed by atoms with Crippen molar-refractivity contribution in [3.63, 3.8) is 0 Å². The highest BCUT2D eigenvalue weighted by Crippen LogP contribution is 2.30. The van der Waals surface area contributed by atoms with Gasteiger partial charge in [0.1, 0.15) is 0 Å². The molecule has 3 N–H and O–H groups in total. The molecule has 0 bridgehead atoms. The molecule has 1 aliphatic carbocycles. The molecule has 1 aliphatic rings. The summed E-state index contributed by atoms with van der Waals surface area (Å²) in [5, 5.41) is 2.97. The molecule has 3 nitrogen and oxygen atoms in total. The van der Waals surface area contributed by atoms with E-state index in [0.717, 1.165) is 12.8 Å². The van der Waals surface area contributed by atoms with E-state index in [1.165, 1.54) is 17.5 Å². The van der Waals surface area contributed by atoms with Crippen molar-refractivity contribution in [1.82, 2.24) is 5.32 Å². The van der Waals surface area contributed by atoms with Gasteiger partial charge in [-0.05, 0) is 44.2 Å². The number of hydrogen-bond donors (Lipinski definition) is 2. The van der Waals surface area contributed by atoms with Crippen molar-refractivity contribution in [3.8, 4) is 0 Å². The number of amides is 1. The largest absolute Gasteiger partial charge is 0.354 e. The number of rotatable bonds is 3. The van der Waals surface area contributed by atoms with Crippen LogP contribution in [0.15, 0.2) is 24.3 Å². The summed E-state index contributed by atoms with van der Waals surface area (Å²) in [6, 6.07) is 8.53. The molecular formula is C15H22N2O. The molecule has 1 atom stereocenters. The third-order valence-corrected chi connectivity index (χ3v) is 3.59. The Morgan fingerprint density at radius 2 is 2.17 bits per heavy atom. The highest BCUT2D eigenvalue weighted by atomic mass is 16.2. The van der Waals surface area contributed by atoms with Gasteiger partial charge in [0, 0.05) is 12.5 Å². The van der Waals surface area contributed by atoms with E-state index in [9.17, 15) is 4.79 Å². The Bertz CT molecular complexity index is 434. The predicted molar refractivity (Wildman–Crippen MR) is 73.4 cm³/mol. The van der Waals surface area contributed by atoms with Crippen LogP contribution in [-0.2, 0) is 11.2 Å². The van der Waals surface area contributed by atoms with E-state index in [-0.39, 0.29) is 5.91 Å². The van der Waals surface area contributed by atoms with Crippen molar-refractivity contribution < 1.29 is 4.79 Å². The Balaban J connectivity index is 2.02. The van der Waals surface area contributed by atoms with Crippen LogP contribution in [0.5, 0.6) is 0 Å². The van der Waals surface area contributed by atoms with Gasteiger partial charge in [-0.1, -0.05) is 24.3 Å². The fourth-order valence-corrected chi connectivity index (χ4v) is 2.51. The Morgan fingerprint density at radius 3 is 2.89 bits per heavy atom. The second kappa shape index (κ2) is 5.11. The lowest BCUT2D eigenvalue weighted by atomic mass is 9.83. The number of nitrogens with two attached hydrogens (primary N) is 1. The van der Waals surface area contributed by atoms with Crippen LogP contribution >= 0.6 is 0 Å². The van der Waals surface area contributed by atoms with Crippen molar-refractivity contribution in [2.45, 2.75) is 44.6 Å². The van der Waals surface area contributed by atoms with E-state index in [1.807, 2.05) is 0 Å². The van der Waals surface area contributed by atoms with Crippen LogP contribution in [0.1, 0.15) is 43.7 Å². The van der Waals surface area contributed by atoms with Gasteiger partial charge in [0.25, 0.3) is 0 Å². The topological polar surface area (TPSA) is 55.1 Å². The summed E-state index contributed by atoms with van der Waals surface area (Å²) in [7, 11) is 0. The molecule has 0 fully saturated rings. The monoisotopic (exact) mass is 246 g/mol. The zero-order chi connectivity index (χ0) is 13.2. The minimum Gasteiger partial charge on any atom is -0.354 e. The van der Waals surface area contributed by atoms with Crippen LogP contribution in [0.2, 0.25) is 0 Å². The number of carbonyl (C=O) groups is 1. The van der Waals surface area contributed by atoms with Crippen molar-refractivity contribution in [1.29, 1.82) is 0 Å². The number of nitrogens with one attached hydrogen (secondary N) is 1. The first-order chi connectivity index (χ1) is 8.48. The molecule has 0 radical (unpaired) electrons. The summed E-state index contributed by atoms with van der Waals surface area (Å²) < 4.78 is 0. The number of benzene rings is 1. The van der Waals surface area contributed by atoms with Crippen molar-refractivity contribution in [3.05, 3.63) is 35.4 Å². The van der Waals surface area contributed by atoms with Crippen molar-refractivity contribution in [2.24, 2.45) is 5.73 Å². The van der Waals surface area contributed by atoms with E-state index in [4.69, 9.17) is 5.73 Å². The molecule has 0 spiro atoms. The predicted octanol–water partition coefficient (Wildman–Crippen LogP) is 1.96. The molecule has 1 aromatic rings. The molecule has 98 valence electrons. The lowest BCUT2D eigenvalue weighted by Gasteiger charge is -2.27. The third kappa shape index (κ3) is 2.91. The van der Waals surface area contributed by atoms with Crippen LogP contribution in [-0.4, -0.2) is 18.0 Å². The van der Waals surface area contributed by atoms with Gasteiger partial charge in [0.2, 0.25) is 5.91 Å². The molecule has 0 heterocycles. The van der Waals surface area contributed by atoms with Gasteiger partial charge in [-0.2, -0.15) is 0 Å². The second-order valence-electron chi connectivity index (χ2n) is 5.72. The SMILES string of the molecule is CC(C)(N)C(=O)NCC1CCCc2ccccc21. The van der Waals surface area contributed by atoms with Crippen LogP contribution in [0.4, 0.5) is 0 Å². The van der Waals surface area contributed by atoms with Crippen molar-refractivity contribution >= 4 is 5.91 Å². The normalized spacial score (nSPS) is 19.2. The Labute approximate surface area is 109 Å². The summed E-state index contributed by atoms with van der Waals surface area (Å²) >= 11 is 0. The second-order valence-corrected chi connectivity index (χ2v) is 5.72. The van der Waals surface area contributed by atoms with Crippen LogP contribution in [0.3, 0.4) is 0 Å². The number of hydrogen-bond acceptors (Lipinski definition) is 2. The van der Waals surface area contributed by atoms with Crippen LogP contribution < -0.4 is 11.1 Å². The molecule has 1 amide bonds. The molecule has 1 aromatic carbocycles. The molecule has 2 rings (SSSR count). The van der Waals surface area contributed by atoms with Gasteiger partial charge < -0.3 is 11.1 Å². The molecular weight excluding hydrogens is 224 g/mol. The zero-order valence-corrected chi connectivity index (χ0v) is 11.2. The van der Waals surface area contributed by atoms with Crippen molar-refractivity contribution in [2.75, 3.05) is 6.54 Å². The molecule has 18 heavy (non-hydrogen) atoms. The molecule has 0 saturated carbocycles. The quantitative estimate of drug-likeness (QED) is 0.856. The van der Waals surface area contributed by atoms with E-state index < -0.39 is 5.54 Å². The zero-order valence-electron chi connectivity index (χ0n) is 11.2. The maximum atomic E-state index is 11.8. The van der Waals surface area contributed by atoms with Gasteiger partial charge in [-0.3, -0.25) is 4.79 Å². The summed E-state index contributed by atoms with van der Waals surface area (Å²) in [5.74, 6) is 0.354. The Morgan fingerprint density at radius 1 is 1.44 bits per heavy atom. The lowest BCUT2D eigenvalue weighted by Crippen LogP contribution is -2.50. The Kier molecular flexibility index (Phi) is 3.71. The first-order valence-corrected chi connectivity index (χ1v) is 6.63. The van der Waals surface area contributed by atoms with Gasteiger partial charge in [0.15, 0.2) is 0 Å². The molecule has 0 aromatic heterocycles. The summed E-state index contributed by atoms with van der Waals surface area (Å²) in [5.41, 5.74) is 7.79. The minimum absolute atomic E-state index is 0.0782. The molecule has 1 unspecified atom stereocenters. The van der Waals surface area contributed by atoms with E-state index >= 15 is 0 Å². The maximum absolute atomic E-state index is 11.8. The summed E-state index contributed by atoms with van der Waals surface area (Å²) in [4.78, 5) is 11.8. The number of fused-ring (bicyclic) bond motifs is 1. The fourth-order valence-electron chi connectivity index (χ4n) is 2.51. The smallest absolute Gasteiger partial charge is 0.239 e. The molecule has 0 saturated heterocycles.